The van der Waals surface area contributed by atoms with Gasteiger partial charge in [-0.05, 0) is 66.4 Å². The van der Waals surface area contributed by atoms with Crippen LogP contribution < -0.4 is 15.4 Å². The van der Waals surface area contributed by atoms with Crippen molar-refractivity contribution in [3.8, 4) is 5.75 Å². The Morgan fingerprint density at radius 1 is 1.20 bits per heavy atom. The normalized spacial score (nSPS) is 16.2. The van der Waals surface area contributed by atoms with Crippen LogP contribution in [0, 0.1) is 6.92 Å². The quantitative estimate of drug-likeness (QED) is 0.521. The van der Waals surface area contributed by atoms with Gasteiger partial charge in [0.2, 0.25) is 0 Å². The summed E-state index contributed by atoms with van der Waals surface area (Å²) < 4.78 is 11.0. The first-order chi connectivity index (χ1) is 14.4. The van der Waals surface area contributed by atoms with Crippen LogP contribution in [0.25, 0.3) is 5.70 Å². The fourth-order valence-corrected chi connectivity index (χ4v) is 3.93. The number of hydrogen-bond acceptors (Lipinski definition) is 4. The number of benzene rings is 2. The van der Waals surface area contributed by atoms with Gasteiger partial charge in [-0.1, -0.05) is 44.2 Å². The molecule has 1 atom stereocenters. The fourth-order valence-electron chi connectivity index (χ4n) is 3.71. The molecule has 30 heavy (non-hydrogen) atoms. The van der Waals surface area contributed by atoms with Gasteiger partial charge in [-0.25, -0.2) is 4.79 Å². The van der Waals surface area contributed by atoms with E-state index in [1.54, 1.807) is 14.0 Å². The Morgan fingerprint density at radius 3 is 2.50 bits per heavy atom. The third kappa shape index (κ3) is 4.33. The van der Waals surface area contributed by atoms with Crippen molar-refractivity contribution in [1.82, 2.24) is 10.6 Å². The molecule has 2 aromatic carbocycles. The number of hydrogen-bond donors (Lipinski definition) is 2. The van der Waals surface area contributed by atoms with Crippen molar-refractivity contribution in [2.45, 2.75) is 39.7 Å². The molecule has 5 nitrogen and oxygen atoms in total. The van der Waals surface area contributed by atoms with Gasteiger partial charge in [0.15, 0.2) is 5.11 Å². The molecule has 0 aromatic heterocycles. The summed E-state index contributed by atoms with van der Waals surface area (Å²) in [6, 6.07) is 13.4. The zero-order valence-corrected chi connectivity index (χ0v) is 18.9. The highest BCUT2D eigenvalue weighted by Crippen LogP contribution is 2.37. The second-order valence-corrected chi connectivity index (χ2v) is 7.92. The summed E-state index contributed by atoms with van der Waals surface area (Å²) in [4.78, 5) is 13.1. The SMILES string of the molecule is CCOC(=O)C1=C(c2ccccc2)NC(=S)NC1c1cc(C(C)C)c(OC)cc1C. The summed E-state index contributed by atoms with van der Waals surface area (Å²) >= 11 is 5.51. The molecule has 6 heteroatoms. The molecule has 0 bridgehead atoms. The second kappa shape index (κ2) is 9.30. The van der Waals surface area contributed by atoms with Crippen LogP contribution in [0.4, 0.5) is 0 Å². The molecular weight excluding hydrogens is 396 g/mol. The summed E-state index contributed by atoms with van der Waals surface area (Å²) in [5.74, 6) is 0.731. The first-order valence-corrected chi connectivity index (χ1v) is 10.5. The largest absolute Gasteiger partial charge is 0.496 e. The van der Waals surface area contributed by atoms with Crippen LogP contribution in [0.15, 0.2) is 48.0 Å². The number of carbonyl (C=O) groups excluding carboxylic acids is 1. The molecule has 0 saturated heterocycles. The molecule has 0 fully saturated rings. The fraction of sp³-hybridized carbons (Fsp3) is 0.333. The lowest BCUT2D eigenvalue weighted by Crippen LogP contribution is -2.45. The van der Waals surface area contributed by atoms with Gasteiger partial charge >= 0.3 is 5.97 Å². The molecule has 0 aliphatic carbocycles. The van der Waals surface area contributed by atoms with Crippen LogP contribution >= 0.6 is 12.2 Å². The number of ether oxygens (including phenoxy) is 2. The van der Waals surface area contributed by atoms with Gasteiger partial charge in [-0.2, -0.15) is 0 Å². The predicted molar refractivity (Wildman–Crippen MR) is 123 cm³/mol. The molecule has 2 N–H and O–H groups in total. The maximum atomic E-state index is 13.1. The van der Waals surface area contributed by atoms with E-state index in [1.807, 2.05) is 43.3 Å². The van der Waals surface area contributed by atoms with E-state index in [0.717, 1.165) is 28.0 Å². The van der Waals surface area contributed by atoms with Crippen molar-refractivity contribution in [1.29, 1.82) is 0 Å². The van der Waals surface area contributed by atoms with E-state index in [0.29, 0.717) is 23.0 Å². The summed E-state index contributed by atoms with van der Waals surface area (Å²) in [5.41, 5.74) is 5.12. The maximum Gasteiger partial charge on any atom is 0.338 e. The average Bonchev–Trinajstić information content (AvgIpc) is 2.73. The Labute approximate surface area is 183 Å². The molecule has 1 heterocycles. The number of aryl methyl sites for hydroxylation is 1. The lowest BCUT2D eigenvalue weighted by molar-refractivity contribution is -0.138. The molecule has 0 amide bonds. The zero-order valence-electron chi connectivity index (χ0n) is 18.0. The molecule has 2 aromatic rings. The Morgan fingerprint density at radius 2 is 1.90 bits per heavy atom. The van der Waals surface area contributed by atoms with Crippen LogP contribution in [-0.2, 0) is 9.53 Å². The average molecular weight is 425 g/mol. The minimum atomic E-state index is -0.434. The first-order valence-electron chi connectivity index (χ1n) is 10.1. The van der Waals surface area contributed by atoms with Gasteiger partial charge in [-0.15, -0.1) is 0 Å². The summed E-state index contributed by atoms with van der Waals surface area (Å²) in [5, 5.41) is 6.93. The highest BCUT2D eigenvalue weighted by atomic mass is 32.1. The van der Waals surface area contributed by atoms with E-state index in [4.69, 9.17) is 21.7 Å². The Balaban J connectivity index is 2.25. The molecule has 1 aliphatic heterocycles. The van der Waals surface area contributed by atoms with Crippen molar-refractivity contribution < 1.29 is 14.3 Å². The monoisotopic (exact) mass is 424 g/mol. The van der Waals surface area contributed by atoms with Gasteiger partial charge in [0.25, 0.3) is 0 Å². The minimum Gasteiger partial charge on any atom is -0.496 e. The van der Waals surface area contributed by atoms with Gasteiger partial charge in [-0.3, -0.25) is 0 Å². The van der Waals surface area contributed by atoms with Gasteiger partial charge in [0.05, 0.1) is 31.0 Å². The van der Waals surface area contributed by atoms with Crippen molar-refractivity contribution in [2.75, 3.05) is 13.7 Å². The van der Waals surface area contributed by atoms with Crippen molar-refractivity contribution in [2.24, 2.45) is 0 Å². The van der Waals surface area contributed by atoms with Gasteiger partial charge < -0.3 is 20.1 Å². The molecule has 0 radical (unpaired) electrons. The van der Waals surface area contributed by atoms with E-state index in [9.17, 15) is 4.79 Å². The molecule has 0 saturated carbocycles. The Bertz CT molecular complexity index is 983. The number of nitrogens with one attached hydrogen (secondary N) is 2. The predicted octanol–water partition coefficient (Wildman–Crippen LogP) is 4.62. The topological polar surface area (TPSA) is 59.6 Å². The molecule has 3 rings (SSSR count). The van der Waals surface area contributed by atoms with Crippen molar-refractivity contribution >= 4 is 29.0 Å². The van der Waals surface area contributed by atoms with E-state index >= 15 is 0 Å². The molecule has 1 aliphatic rings. The first kappa shape index (κ1) is 21.8. The highest BCUT2D eigenvalue weighted by molar-refractivity contribution is 7.80. The Hall–Kier alpha value is -2.86. The molecule has 1 unspecified atom stereocenters. The van der Waals surface area contributed by atoms with Crippen LogP contribution in [0.1, 0.15) is 55.0 Å². The smallest absolute Gasteiger partial charge is 0.338 e. The van der Waals surface area contributed by atoms with E-state index in [-0.39, 0.29) is 11.9 Å². The number of methoxy groups -OCH3 is 1. The van der Waals surface area contributed by atoms with Gasteiger partial charge in [0, 0.05) is 0 Å². The van der Waals surface area contributed by atoms with E-state index in [2.05, 4.69) is 30.5 Å². The van der Waals surface area contributed by atoms with E-state index in [1.165, 1.54) is 0 Å². The van der Waals surface area contributed by atoms with Crippen LogP contribution in [-0.4, -0.2) is 24.8 Å². The molecule has 0 spiro atoms. The summed E-state index contributed by atoms with van der Waals surface area (Å²) in [7, 11) is 1.68. The number of esters is 1. The minimum absolute atomic E-state index is 0.261. The number of rotatable bonds is 6. The summed E-state index contributed by atoms with van der Waals surface area (Å²) in [6.07, 6.45) is 0. The lowest BCUT2D eigenvalue weighted by Gasteiger charge is -2.32. The standard InChI is InChI=1S/C24H28N2O3S/c1-6-29-23(27)20-21(16-10-8-7-9-11-16)25-24(30)26-22(20)18-13-17(14(2)3)19(28-5)12-15(18)4/h7-14,22H,6H2,1-5H3,(H2,25,26,30). The molecular formula is C24H28N2O3S. The van der Waals surface area contributed by atoms with Crippen LogP contribution in [0.3, 0.4) is 0 Å². The highest BCUT2D eigenvalue weighted by Gasteiger charge is 2.34. The van der Waals surface area contributed by atoms with Gasteiger partial charge in [0.1, 0.15) is 5.75 Å². The summed E-state index contributed by atoms with van der Waals surface area (Å²) in [6.45, 7) is 8.35. The third-order valence-electron chi connectivity index (χ3n) is 5.18. The Kier molecular flexibility index (Phi) is 6.77. The second-order valence-electron chi connectivity index (χ2n) is 7.51. The van der Waals surface area contributed by atoms with Crippen molar-refractivity contribution in [3.05, 3.63) is 70.3 Å². The van der Waals surface area contributed by atoms with Crippen LogP contribution in [0.5, 0.6) is 5.75 Å². The maximum absolute atomic E-state index is 13.1. The van der Waals surface area contributed by atoms with Crippen molar-refractivity contribution in [3.63, 3.8) is 0 Å². The van der Waals surface area contributed by atoms with Crippen LogP contribution in [0.2, 0.25) is 0 Å². The zero-order chi connectivity index (χ0) is 21.8. The molecule has 158 valence electrons. The number of thiocarbonyl (C=S) groups is 1. The third-order valence-corrected chi connectivity index (χ3v) is 5.40. The number of carbonyl (C=O) groups is 1. The lowest BCUT2D eigenvalue weighted by atomic mass is 9.87. The van der Waals surface area contributed by atoms with E-state index < -0.39 is 6.04 Å².